The Hall–Kier alpha value is -2.14. The summed E-state index contributed by atoms with van der Waals surface area (Å²) in [6.45, 7) is 2.84. The van der Waals surface area contributed by atoms with Crippen molar-refractivity contribution in [3.05, 3.63) is 47.5 Å². The highest BCUT2D eigenvalue weighted by molar-refractivity contribution is 7.87. The summed E-state index contributed by atoms with van der Waals surface area (Å²) >= 11 is 0. The van der Waals surface area contributed by atoms with E-state index < -0.39 is 20.2 Å². The van der Waals surface area contributed by atoms with Crippen molar-refractivity contribution in [2.45, 2.75) is 36.5 Å². The molecular weight excluding hydrogens is 408 g/mol. The van der Waals surface area contributed by atoms with Crippen LogP contribution < -0.4 is 0 Å². The van der Waals surface area contributed by atoms with Crippen molar-refractivity contribution in [3.63, 3.8) is 0 Å². The van der Waals surface area contributed by atoms with Gasteiger partial charge in [-0.1, -0.05) is 12.1 Å². The zero-order valence-electron chi connectivity index (χ0n) is 15.5. The van der Waals surface area contributed by atoms with Gasteiger partial charge in [-0.15, -0.1) is 0 Å². The fourth-order valence-electron chi connectivity index (χ4n) is 2.38. The summed E-state index contributed by atoms with van der Waals surface area (Å²) in [5, 5.41) is 18.9. The van der Waals surface area contributed by atoms with Crippen LogP contribution >= 0.6 is 0 Å². The minimum Gasteiger partial charge on any atom is -0.508 e. The molecule has 2 N–H and O–H groups in total. The highest BCUT2D eigenvalue weighted by Crippen LogP contribution is 2.24. The second-order valence-electron chi connectivity index (χ2n) is 6.16. The van der Waals surface area contributed by atoms with E-state index in [9.17, 15) is 27.0 Å². The van der Waals surface area contributed by atoms with E-state index in [1.807, 2.05) is 0 Å². The lowest BCUT2D eigenvalue weighted by Gasteiger charge is -2.10. The van der Waals surface area contributed by atoms with Gasteiger partial charge in [-0.2, -0.15) is 16.8 Å². The Labute approximate surface area is 164 Å². The highest BCUT2D eigenvalue weighted by atomic mass is 32.2. The molecule has 0 radical (unpaired) electrons. The first kappa shape index (κ1) is 22.2. The maximum atomic E-state index is 12.2. The van der Waals surface area contributed by atoms with Crippen molar-refractivity contribution in [2.24, 2.45) is 0 Å². The van der Waals surface area contributed by atoms with Gasteiger partial charge < -0.3 is 10.2 Å². The Morgan fingerprint density at radius 3 is 1.43 bits per heavy atom. The van der Waals surface area contributed by atoms with Crippen LogP contribution in [-0.4, -0.2) is 40.3 Å². The van der Waals surface area contributed by atoms with Crippen LogP contribution in [0.4, 0.5) is 0 Å². The van der Waals surface area contributed by atoms with Gasteiger partial charge in [-0.3, -0.25) is 8.37 Å². The number of aromatic hydroxyl groups is 2. The summed E-state index contributed by atoms with van der Waals surface area (Å²) in [7, 11) is -8.06. The molecule has 0 aliphatic heterocycles. The second-order valence-corrected chi connectivity index (χ2v) is 9.33. The van der Waals surface area contributed by atoms with Crippen LogP contribution in [0.5, 0.6) is 11.5 Å². The lowest BCUT2D eigenvalue weighted by molar-refractivity contribution is 0.270. The Morgan fingerprint density at radius 1 is 0.714 bits per heavy atom. The summed E-state index contributed by atoms with van der Waals surface area (Å²) in [6.07, 6.45) is 0.483. The normalized spacial score (nSPS) is 12.2. The van der Waals surface area contributed by atoms with Gasteiger partial charge >= 0.3 is 0 Å². The Balaban J connectivity index is 1.85. The van der Waals surface area contributed by atoms with Crippen molar-refractivity contribution >= 4 is 20.2 Å². The third-order valence-electron chi connectivity index (χ3n) is 3.90. The van der Waals surface area contributed by atoms with Crippen molar-refractivity contribution in [3.8, 4) is 11.5 Å². The summed E-state index contributed by atoms with van der Waals surface area (Å²) in [4.78, 5) is -0.239. The van der Waals surface area contributed by atoms with Gasteiger partial charge in [0.25, 0.3) is 20.2 Å². The number of aryl methyl sites for hydroxylation is 2. The third kappa shape index (κ3) is 5.68. The SMILES string of the molecule is Cc1ccc(O)cc1S(=O)(=O)OCCCCOS(=O)(=O)c1cc(O)ccc1C. The largest absolute Gasteiger partial charge is 0.508 e. The van der Waals surface area contributed by atoms with E-state index in [1.165, 1.54) is 24.3 Å². The predicted molar refractivity (Wildman–Crippen MR) is 101 cm³/mol. The van der Waals surface area contributed by atoms with Crippen molar-refractivity contribution < 1.29 is 35.4 Å². The Kier molecular flexibility index (Phi) is 7.05. The molecule has 0 amide bonds. The maximum Gasteiger partial charge on any atom is 0.297 e. The molecular formula is C18H22O8S2. The van der Waals surface area contributed by atoms with Gasteiger partial charge in [0.2, 0.25) is 0 Å². The molecule has 0 fully saturated rings. The molecule has 0 saturated carbocycles. The molecule has 2 aromatic carbocycles. The molecule has 2 rings (SSSR count). The molecule has 0 aliphatic rings. The monoisotopic (exact) mass is 430 g/mol. The van der Waals surface area contributed by atoms with Gasteiger partial charge in [-0.05, 0) is 49.9 Å². The fourth-order valence-corrected chi connectivity index (χ4v) is 4.77. The van der Waals surface area contributed by atoms with E-state index in [4.69, 9.17) is 8.37 Å². The van der Waals surface area contributed by atoms with Crippen LogP contribution in [0.25, 0.3) is 0 Å². The van der Waals surface area contributed by atoms with Gasteiger partial charge in [0, 0.05) is 12.1 Å². The van der Waals surface area contributed by atoms with E-state index >= 15 is 0 Å². The van der Waals surface area contributed by atoms with Crippen molar-refractivity contribution in [1.29, 1.82) is 0 Å². The molecule has 8 nitrogen and oxygen atoms in total. The summed E-state index contributed by atoms with van der Waals surface area (Å²) in [5.41, 5.74) is 0.877. The Morgan fingerprint density at radius 2 is 1.07 bits per heavy atom. The minimum atomic E-state index is -4.03. The number of benzene rings is 2. The zero-order valence-corrected chi connectivity index (χ0v) is 17.1. The van der Waals surface area contributed by atoms with Gasteiger partial charge in [-0.25, -0.2) is 0 Å². The lowest BCUT2D eigenvalue weighted by Crippen LogP contribution is -2.11. The summed E-state index contributed by atoms with van der Waals surface area (Å²) in [6, 6.07) is 7.90. The standard InChI is InChI=1S/C18H22O8S2/c1-13-5-7-15(19)11-17(13)27(21,22)25-9-3-4-10-26-28(23,24)18-12-16(20)8-6-14(18)2/h5-8,11-12,19-20H,3-4,9-10H2,1-2H3. The van der Waals surface area contributed by atoms with Gasteiger partial charge in [0.05, 0.1) is 13.2 Å². The van der Waals surface area contributed by atoms with Crippen molar-refractivity contribution in [1.82, 2.24) is 0 Å². The molecule has 10 heteroatoms. The smallest absolute Gasteiger partial charge is 0.297 e. The van der Waals surface area contributed by atoms with Crippen LogP contribution in [0.1, 0.15) is 24.0 Å². The predicted octanol–water partition coefficient (Wildman–Crippen LogP) is 2.61. The number of hydrogen-bond acceptors (Lipinski definition) is 8. The van der Waals surface area contributed by atoms with E-state index in [0.717, 1.165) is 12.1 Å². The number of rotatable bonds is 9. The minimum absolute atomic E-state index is 0.120. The topological polar surface area (TPSA) is 127 Å². The summed E-state index contributed by atoms with van der Waals surface area (Å²) in [5.74, 6) is -0.373. The van der Waals surface area contributed by atoms with Gasteiger partial charge in [0.1, 0.15) is 21.3 Å². The highest BCUT2D eigenvalue weighted by Gasteiger charge is 2.20. The van der Waals surface area contributed by atoms with E-state index in [1.54, 1.807) is 13.8 Å². The number of phenolic OH excluding ortho intramolecular Hbond substituents is 2. The average molecular weight is 431 g/mol. The quantitative estimate of drug-likeness (QED) is 0.459. The van der Waals surface area contributed by atoms with Crippen LogP contribution in [0.2, 0.25) is 0 Å². The lowest BCUT2D eigenvalue weighted by atomic mass is 10.2. The number of phenols is 2. The van der Waals surface area contributed by atoms with E-state index in [2.05, 4.69) is 0 Å². The van der Waals surface area contributed by atoms with Crippen LogP contribution in [0.15, 0.2) is 46.2 Å². The molecule has 0 heterocycles. The van der Waals surface area contributed by atoms with Crippen molar-refractivity contribution in [2.75, 3.05) is 13.2 Å². The van der Waals surface area contributed by atoms with Crippen LogP contribution in [-0.2, 0) is 28.6 Å². The van der Waals surface area contributed by atoms with Gasteiger partial charge in [0.15, 0.2) is 0 Å². The first-order chi connectivity index (χ1) is 13.0. The number of hydrogen-bond donors (Lipinski definition) is 2. The average Bonchev–Trinajstić information content (AvgIpc) is 2.61. The third-order valence-corrected chi connectivity index (χ3v) is 6.81. The molecule has 0 spiro atoms. The molecule has 0 aliphatic carbocycles. The summed E-state index contributed by atoms with van der Waals surface area (Å²) < 4.78 is 58.5. The molecule has 2 aromatic rings. The molecule has 0 bridgehead atoms. The number of unbranched alkanes of at least 4 members (excludes halogenated alkanes) is 1. The fraction of sp³-hybridized carbons (Fsp3) is 0.333. The zero-order chi connectivity index (χ0) is 20.9. The first-order valence-corrected chi connectivity index (χ1v) is 11.2. The molecule has 0 unspecified atom stereocenters. The van der Waals surface area contributed by atoms with Crippen LogP contribution in [0, 0.1) is 13.8 Å². The molecule has 0 aromatic heterocycles. The molecule has 28 heavy (non-hydrogen) atoms. The Bertz CT molecular complexity index is 958. The first-order valence-electron chi connectivity index (χ1n) is 8.41. The molecule has 0 atom stereocenters. The maximum absolute atomic E-state index is 12.2. The molecule has 154 valence electrons. The second kappa shape index (κ2) is 8.91. The molecule has 0 saturated heterocycles. The van der Waals surface area contributed by atoms with Crippen LogP contribution in [0.3, 0.4) is 0 Å². The van der Waals surface area contributed by atoms with E-state index in [0.29, 0.717) is 11.1 Å². The van der Waals surface area contributed by atoms with E-state index in [-0.39, 0.29) is 47.3 Å².